The van der Waals surface area contributed by atoms with Crippen LogP contribution in [0.5, 0.6) is 0 Å². The Kier molecular flexibility index (Phi) is 8.98. The number of piperidine rings is 1. The summed E-state index contributed by atoms with van der Waals surface area (Å²) in [6.45, 7) is 2.67. The van der Waals surface area contributed by atoms with Gasteiger partial charge in [-0.1, -0.05) is 42.8 Å². The van der Waals surface area contributed by atoms with Gasteiger partial charge in [0.15, 0.2) is 29.6 Å². The highest BCUT2D eigenvalue weighted by Gasteiger charge is 2.34. The zero-order chi connectivity index (χ0) is 29.1. The Balaban J connectivity index is 1.33. The maximum absolute atomic E-state index is 14.1. The molecule has 1 amide bonds. The summed E-state index contributed by atoms with van der Waals surface area (Å²) in [6, 6.07) is 13.5. The van der Waals surface area contributed by atoms with Crippen molar-refractivity contribution in [3.8, 4) is 0 Å². The number of likely N-dealkylation sites (tertiary alicyclic amines) is 1. The molecule has 5 rings (SSSR count). The van der Waals surface area contributed by atoms with E-state index in [2.05, 4.69) is 10.2 Å². The molecule has 3 atom stereocenters. The molecule has 2 fully saturated rings. The lowest BCUT2D eigenvalue weighted by atomic mass is 9.99. The topological polar surface area (TPSA) is 71.0 Å². The highest BCUT2D eigenvalue weighted by atomic mass is 19.2. The van der Waals surface area contributed by atoms with E-state index in [-0.39, 0.29) is 24.5 Å². The zero-order valence-electron chi connectivity index (χ0n) is 22.0. The molecule has 2 heterocycles. The van der Waals surface area contributed by atoms with E-state index in [9.17, 15) is 31.9 Å². The molecule has 0 aliphatic carbocycles. The zero-order valence-corrected chi connectivity index (χ0v) is 22.0. The minimum Gasteiger partial charge on any atom is -0.392 e. The van der Waals surface area contributed by atoms with Gasteiger partial charge in [-0.2, -0.15) is 0 Å². The highest BCUT2D eigenvalue weighted by Crippen LogP contribution is 2.38. The molecule has 2 N–H and O–H groups in total. The number of hydrogen-bond donors (Lipinski definition) is 2. The first-order valence-electron chi connectivity index (χ1n) is 13.4. The number of aliphatic hydroxyl groups excluding tert-OH is 1. The molecular formula is C30H29F5N2O4. The normalized spacial score (nSPS) is 21.6. The Bertz CT molecular complexity index is 1350. The van der Waals surface area contributed by atoms with E-state index in [0.717, 1.165) is 43.6 Å². The van der Waals surface area contributed by atoms with Crippen molar-refractivity contribution in [2.75, 3.05) is 25.0 Å². The summed E-state index contributed by atoms with van der Waals surface area (Å²) in [5, 5.41) is 11.6. The monoisotopic (exact) mass is 576 g/mol. The van der Waals surface area contributed by atoms with Crippen molar-refractivity contribution in [3.63, 3.8) is 0 Å². The van der Waals surface area contributed by atoms with Crippen molar-refractivity contribution >= 4 is 11.6 Å². The fourth-order valence-corrected chi connectivity index (χ4v) is 5.18. The molecule has 3 aromatic carbocycles. The number of anilines is 1. The van der Waals surface area contributed by atoms with Crippen LogP contribution in [0.15, 0.2) is 48.5 Å². The summed E-state index contributed by atoms with van der Waals surface area (Å²) in [6.07, 6.45) is 2.92. The van der Waals surface area contributed by atoms with Crippen molar-refractivity contribution in [1.29, 1.82) is 0 Å². The SMILES string of the molecule is O=C(Nc1ccc([C@H]2O[C@@H](CN3CCCCC3)C[C@@H](c3ccc(CO)cc3)O2)cc1)c1c(F)c(F)c(F)c(F)c1F. The third kappa shape index (κ3) is 6.43. The van der Waals surface area contributed by atoms with Gasteiger partial charge in [0.05, 0.1) is 18.8 Å². The van der Waals surface area contributed by atoms with Crippen LogP contribution in [-0.4, -0.2) is 41.7 Å². The molecule has 3 aromatic rings. The van der Waals surface area contributed by atoms with Gasteiger partial charge in [-0.25, -0.2) is 22.0 Å². The van der Waals surface area contributed by atoms with E-state index in [4.69, 9.17) is 9.47 Å². The fraction of sp³-hybridized carbons (Fsp3) is 0.367. The van der Waals surface area contributed by atoms with Crippen LogP contribution >= 0.6 is 0 Å². The molecule has 218 valence electrons. The second kappa shape index (κ2) is 12.6. The molecule has 11 heteroatoms. The minimum absolute atomic E-state index is 0.0671. The Morgan fingerprint density at radius 3 is 2.00 bits per heavy atom. The van der Waals surface area contributed by atoms with Crippen molar-refractivity contribution in [2.24, 2.45) is 0 Å². The highest BCUT2D eigenvalue weighted by molar-refractivity contribution is 6.04. The van der Waals surface area contributed by atoms with Crippen molar-refractivity contribution in [3.05, 3.63) is 99.9 Å². The summed E-state index contributed by atoms with van der Waals surface area (Å²) in [7, 11) is 0. The quantitative estimate of drug-likeness (QED) is 0.200. The number of ether oxygens (including phenoxy) is 2. The fourth-order valence-electron chi connectivity index (χ4n) is 5.18. The summed E-state index contributed by atoms with van der Waals surface area (Å²) in [5.74, 6) is -12.6. The van der Waals surface area contributed by atoms with Crippen LogP contribution in [0.25, 0.3) is 0 Å². The maximum atomic E-state index is 14.1. The van der Waals surface area contributed by atoms with E-state index >= 15 is 0 Å². The van der Waals surface area contributed by atoms with Gasteiger partial charge < -0.3 is 24.8 Å². The Morgan fingerprint density at radius 2 is 1.39 bits per heavy atom. The molecule has 0 saturated carbocycles. The standard InChI is InChI=1S/C30H29F5N2O4/c31-24-23(25(32)27(34)28(35)26(24)33)29(39)36-20-10-8-19(9-11-20)30-40-21(15-37-12-2-1-3-13-37)14-22(41-30)18-6-4-17(16-38)5-7-18/h4-11,21-22,30,38H,1-3,12-16H2,(H,36,39)/t21-,22+,30+/m1/s1. The van der Waals surface area contributed by atoms with Gasteiger partial charge in [-0.3, -0.25) is 4.79 Å². The number of amides is 1. The van der Waals surface area contributed by atoms with Crippen LogP contribution < -0.4 is 5.32 Å². The summed E-state index contributed by atoms with van der Waals surface area (Å²) in [4.78, 5) is 14.8. The molecule has 41 heavy (non-hydrogen) atoms. The number of carbonyl (C=O) groups is 1. The molecule has 0 spiro atoms. The number of nitrogens with zero attached hydrogens (tertiary/aromatic N) is 1. The summed E-state index contributed by atoms with van der Waals surface area (Å²) in [5.41, 5.74) is 0.829. The molecule has 2 aliphatic rings. The summed E-state index contributed by atoms with van der Waals surface area (Å²) >= 11 is 0. The number of carbonyl (C=O) groups excluding carboxylic acids is 1. The average Bonchev–Trinajstić information content (AvgIpc) is 3.00. The van der Waals surface area contributed by atoms with Gasteiger partial charge in [0.2, 0.25) is 5.82 Å². The Morgan fingerprint density at radius 1 is 0.805 bits per heavy atom. The van der Waals surface area contributed by atoms with Gasteiger partial charge in [0.25, 0.3) is 5.91 Å². The first-order chi connectivity index (χ1) is 19.7. The molecule has 6 nitrogen and oxygen atoms in total. The van der Waals surface area contributed by atoms with E-state index in [1.807, 2.05) is 24.3 Å². The average molecular weight is 577 g/mol. The lowest BCUT2D eigenvalue weighted by Crippen LogP contribution is -2.41. The van der Waals surface area contributed by atoms with Gasteiger partial charge in [0, 0.05) is 24.2 Å². The maximum Gasteiger partial charge on any atom is 0.261 e. The number of aliphatic hydroxyl groups is 1. The molecule has 0 bridgehead atoms. The van der Waals surface area contributed by atoms with E-state index in [1.165, 1.54) is 18.6 Å². The predicted molar refractivity (Wildman–Crippen MR) is 139 cm³/mol. The number of halogens is 5. The van der Waals surface area contributed by atoms with Crippen LogP contribution in [0.2, 0.25) is 0 Å². The van der Waals surface area contributed by atoms with Crippen molar-refractivity contribution < 1.29 is 41.3 Å². The minimum atomic E-state index is -2.34. The lowest BCUT2D eigenvalue weighted by molar-refractivity contribution is -0.253. The molecule has 2 saturated heterocycles. The van der Waals surface area contributed by atoms with E-state index in [0.29, 0.717) is 12.0 Å². The number of benzene rings is 3. The first kappa shape index (κ1) is 29.1. The number of hydrogen-bond acceptors (Lipinski definition) is 5. The molecule has 0 unspecified atom stereocenters. The third-order valence-electron chi connectivity index (χ3n) is 7.40. The Labute approximate surface area is 233 Å². The molecule has 0 radical (unpaired) electrons. The summed E-state index contributed by atoms with van der Waals surface area (Å²) < 4.78 is 81.2. The third-order valence-corrected chi connectivity index (χ3v) is 7.40. The second-order valence-electron chi connectivity index (χ2n) is 10.2. The molecule has 0 aromatic heterocycles. The van der Waals surface area contributed by atoms with Crippen LogP contribution in [-0.2, 0) is 16.1 Å². The van der Waals surface area contributed by atoms with Crippen LogP contribution in [0.1, 0.15) is 65.1 Å². The largest absolute Gasteiger partial charge is 0.392 e. The lowest BCUT2D eigenvalue weighted by Gasteiger charge is -2.39. The van der Waals surface area contributed by atoms with E-state index in [1.54, 1.807) is 12.1 Å². The van der Waals surface area contributed by atoms with Gasteiger partial charge in [-0.15, -0.1) is 0 Å². The molecule has 2 aliphatic heterocycles. The van der Waals surface area contributed by atoms with E-state index < -0.39 is 46.8 Å². The Hall–Kier alpha value is -3.38. The number of nitrogens with one attached hydrogen (secondary N) is 1. The van der Waals surface area contributed by atoms with Crippen LogP contribution in [0.4, 0.5) is 27.6 Å². The first-order valence-corrected chi connectivity index (χ1v) is 13.4. The van der Waals surface area contributed by atoms with Gasteiger partial charge >= 0.3 is 0 Å². The second-order valence-corrected chi connectivity index (χ2v) is 10.2. The van der Waals surface area contributed by atoms with Gasteiger partial charge in [-0.05, 0) is 49.2 Å². The predicted octanol–water partition coefficient (Wildman–Crippen LogP) is 6.16. The molecular weight excluding hydrogens is 547 g/mol. The van der Waals surface area contributed by atoms with Crippen molar-refractivity contribution in [1.82, 2.24) is 4.90 Å². The van der Waals surface area contributed by atoms with Crippen LogP contribution in [0.3, 0.4) is 0 Å². The van der Waals surface area contributed by atoms with Gasteiger partial charge in [0.1, 0.15) is 5.56 Å². The van der Waals surface area contributed by atoms with Crippen LogP contribution in [0, 0.1) is 29.1 Å². The number of rotatable bonds is 7. The van der Waals surface area contributed by atoms with Crippen molar-refractivity contribution in [2.45, 2.75) is 50.8 Å². The smallest absolute Gasteiger partial charge is 0.261 e.